The summed E-state index contributed by atoms with van der Waals surface area (Å²) >= 11 is 3.59. The lowest BCUT2D eigenvalue weighted by molar-refractivity contribution is 1.62. The first-order valence-corrected chi connectivity index (χ1v) is 6.99. The van der Waals surface area contributed by atoms with Gasteiger partial charge in [-0.1, -0.05) is 77.1 Å². The second-order valence-corrected chi connectivity index (χ2v) is 5.32. The van der Waals surface area contributed by atoms with E-state index in [1.807, 2.05) is 12.1 Å². The predicted octanol–water partition coefficient (Wildman–Crippen LogP) is 5.91. The summed E-state index contributed by atoms with van der Waals surface area (Å²) in [5, 5.41) is 2.46. The zero-order valence-electron chi connectivity index (χ0n) is 10.4. The lowest BCUT2D eigenvalue weighted by Crippen LogP contribution is -1.83. The molecule has 0 nitrogen and oxygen atoms in total. The fourth-order valence-corrected chi connectivity index (χ4v) is 2.84. The average Bonchev–Trinajstić information content (AvgIpc) is 2.47. The van der Waals surface area contributed by atoms with Gasteiger partial charge in [0.2, 0.25) is 0 Å². The minimum Gasteiger partial charge on any atom is -0.0984 e. The third-order valence-corrected chi connectivity index (χ3v) is 4.01. The first-order valence-electron chi connectivity index (χ1n) is 6.20. The van der Waals surface area contributed by atoms with Crippen LogP contribution in [0.5, 0.6) is 0 Å². The lowest BCUT2D eigenvalue weighted by atomic mass is 9.98. The van der Waals surface area contributed by atoms with Gasteiger partial charge in [-0.05, 0) is 39.6 Å². The molecule has 0 heterocycles. The van der Waals surface area contributed by atoms with Crippen LogP contribution in [0.3, 0.4) is 0 Å². The van der Waals surface area contributed by atoms with E-state index < -0.39 is 0 Å². The Kier molecular flexibility index (Phi) is 3.22. The summed E-state index contributed by atoms with van der Waals surface area (Å²) in [5.74, 6) is 0. The van der Waals surface area contributed by atoms with Crippen molar-refractivity contribution in [1.29, 1.82) is 0 Å². The van der Waals surface area contributed by atoms with Crippen LogP contribution in [-0.2, 0) is 0 Å². The minimum absolute atomic E-state index is 1.08. The van der Waals surface area contributed by atoms with Crippen molar-refractivity contribution in [2.45, 2.75) is 0 Å². The number of halogens is 1. The first kappa shape index (κ1) is 12.2. The van der Waals surface area contributed by atoms with Crippen molar-refractivity contribution in [3.05, 3.63) is 77.3 Å². The summed E-state index contributed by atoms with van der Waals surface area (Å²) in [7, 11) is 0. The Morgan fingerprint density at radius 1 is 0.842 bits per heavy atom. The molecule has 0 bridgehead atoms. The van der Waals surface area contributed by atoms with Crippen molar-refractivity contribution in [3.63, 3.8) is 0 Å². The Hall–Kier alpha value is -1.86. The van der Waals surface area contributed by atoms with E-state index in [2.05, 4.69) is 77.1 Å². The van der Waals surface area contributed by atoms with Gasteiger partial charge < -0.3 is 0 Å². The molecule has 3 aromatic rings. The fraction of sp³-hybridized carbons (Fsp3) is 0. The molecule has 3 aromatic carbocycles. The summed E-state index contributed by atoms with van der Waals surface area (Å²) in [4.78, 5) is 0. The molecule has 0 aliphatic rings. The minimum atomic E-state index is 1.08. The molecule has 0 unspecified atom stereocenters. The molecule has 0 atom stereocenters. The van der Waals surface area contributed by atoms with Crippen molar-refractivity contribution in [2.75, 3.05) is 0 Å². The number of benzene rings is 3. The van der Waals surface area contributed by atoms with Gasteiger partial charge in [0, 0.05) is 4.47 Å². The summed E-state index contributed by atoms with van der Waals surface area (Å²) in [6.07, 6.45) is 1.90. The second kappa shape index (κ2) is 5.02. The monoisotopic (exact) mass is 308 g/mol. The van der Waals surface area contributed by atoms with Crippen molar-refractivity contribution >= 4 is 32.8 Å². The maximum absolute atomic E-state index is 3.91. The Labute approximate surface area is 121 Å². The standard InChI is InChI=1S/C18H13Br/c1-2-16-17-12-15(13-6-4-3-5-7-13)9-8-14(17)10-11-18(16)19/h2-12H,1H2. The molecule has 0 N–H and O–H groups in total. The maximum Gasteiger partial charge on any atom is 0.0253 e. The normalized spacial score (nSPS) is 10.6. The number of fused-ring (bicyclic) bond motifs is 1. The van der Waals surface area contributed by atoms with Crippen molar-refractivity contribution in [1.82, 2.24) is 0 Å². The molecule has 1 heteroatoms. The second-order valence-electron chi connectivity index (χ2n) is 4.47. The smallest absolute Gasteiger partial charge is 0.0253 e. The van der Waals surface area contributed by atoms with Gasteiger partial charge in [0.15, 0.2) is 0 Å². The third-order valence-electron chi connectivity index (χ3n) is 3.32. The van der Waals surface area contributed by atoms with Crippen LogP contribution in [0.25, 0.3) is 28.0 Å². The van der Waals surface area contributed by atoms with Gasteiger partial charge in [-0.3, -0.25) is 0 Å². The predicted molar refractivity (Wildman–Crippen MR) is 87.2 cm³/mol. The lowest BCUT2D eigenvalue weighted by Gasteiger charge is -2.08. The molecule has 3 rings (SSSR count). The van der Waals surface area contributed by atoms with Crippen LogP contribution in [-0.4, -0.2) is 0 Å². The molecule has 0 fully saturated rings. The highest BCUT2D eigenvalue weighted by atomic mass is 79.9. The van der Waals surface area contributed by atoms with Crippen LogP contribution in [0.15, 0.2) is 71.7 Å². The van der Waals surface area contributed by atoms with Gasteiger partial charge in [0.05, 0.1) is 0 Å². The van der Waals surface area contributed by atoms with Crippen LogP contribution in [0.1, 0.15) is 5.56 Å². The SMILES string of the molecule is C=Cc1c(Br)ccc2ccc(-c3ccccc3)cc12. The molecule has 0 radical (unpaired) electrons. The molecule has 92 valence electrons. The third kappa shape index (κ3) is 2.22. The number of hydrogen-bond donors (Lipinski definition) is 0. The Balaban J connectivity index is 2.28. The number of rotatable bonds is 2. The van der Waals surface area contributed by atoms with E-state index in [0.29, 0.717) is 0 Å². The molecule has 0 aromatic heterocycles. The maximum atomic E-state index is 3.91. The highest BCUT2D eigenvalue weighted by molar-refractivity contribution is 9.10. The fourth-order valence-electron chi connectivity index (χ4n) is 2.33. The zero-order valence-corrected chi connectivity index (χ0v) is 12.0. The molecular formula is C18H13Br. The van der Waals surface area contributed by atoms with Crippen LogP contribution in [0.4, 0.5) is 0 Å². The first-order chi connectivity index (χ1) is 9.29. The van der Waals surface area contributed by atoms with E-state index in [9.17, 15) is 0 Å². The molecule has 0 aliphatic carbocycles. The van der Waals surface area contributed by atoms with E-state index in [0.717, 1.165) is 10.0 Å². The highest BCUT2D eigenvalue weighted by Crippen LogP contribution is 2.31. The van der Waals surface area contributed by atoms with E-state index in [-0.39, 0.29) is 0 Å². The summed E-state index contributed by atoms with van der Waals surface area (Å²) in [6, 6.07) is 21.2. The van der Waals surface area contributed by atoms with Gasteiger partial charge in [0.1, 0.15) is 0 Å². The quantitative estimate of drug-likeness (QED) is 0.552. The molecule has 0 amide bonds. The number of hydrogen-bond acceptors (Lipinski definition) is 0. The largest absolute Gasteiger partial charge is 0.0984 e. The van der Waals surface area contributed by atoms with Gasteiger partial charge in [-0.15, -0.1) is 0 Å². The summed E-state index contributed by atoms with van der Waals surface area (Å²) < 4.78 is 1.08. The Bertz CT molecular complexity index is 742. The molecule has 0 saturated heterocycles. The molecule has 19 heavy (non-hydrogen) atoms. The molecule has 0 aliphatic heterocycles. The van der Waals surface area contributed by atoms with Crippen molar-refractivity contribution < 1.29 is 0 Å². The van der Waals surface area contributed by atoms with Gasteiger partial charge in [-0.25, -0.2) is 0 Å². The van der Waals surface area contributed by atoms with Gasteiger partial charge in [-0.2, -0.15) is 0 Å². The Morgan fingerprint density at radius 2 is 1.58 bits per heavy atom. The molecule has 0 spiro atoms. The summed E-state index contributed by atoms with van der Waals surface area (Å²) in [6.45, 7) is 3.91. The van der Waals surface area contributed by atoms with Crippen molar-refractivity contribution in [2.24, 2.45) is 0 Å². The van der Waals surface area contributed by atoms with E-state index >= 15 is 0 Å². The van der Waals surface area contributed by atoms with Crippen LogP contribution >= 0.6 is 15.9 Å². The van der Waals surface area contributed by atoms with E-state index in [1.165, 1.54) is 21.9 Å². The van der Waals surface area contributed by atoms with Crippen LogP contribution in [0, 0.1) is 0 Å². The van der Waals surface area contributed by atoms with Crippen LogP contribution < -0.4 is 0 Å². The van der Waals surface area contributed by atoms with E-state index in [1.54, 1.807) is 0 Å². The molecular weight excluding hydrogens is 296 g/mol. The average molecular weight is 309 g/mol. The van der Waals surface area contributed by atoms with Crippen LogP contribution in [0.2, 0.25) is 0 Å². The summed E-state index contributed by atoms with van der Waals surface area (Å²) in [5.41, 5.74) is 3.61. The zero-order chi connectivity index (χ0) is 13.2. The molecule has 0 saturated carbocycles. The van der Waals surface area contributed by atoms with Crippen molar-refractivity contribution in [3.8, 4) is 11.1 Å². The highest BCUT2D eigenvalue weighted by Gasteiger charge is 2.05. The van der Waals surface area contributed by atoms with Gasteiger partial charge >= 0.3 is 0 Å². The Morgan fingerprint density at radius 3 is 2.32 bits per heavy atom. The van der Waals surface area contributed by atoms with E-state index in [4.69, 9.17) is 0 Å². The topological polar surface area (TPSA) is 0 Å². The van der Waals surface area contributed by atoms with Gasteiger partial charge in [0.25, 0.3) is 0 Å².